The summed E-state index contributed by atoms with van der Waals surface area (Å²) in [5, 5.41) is 7.35. The van der Waals surface area contributed by atoms with Gasteiger partial charge in [-0.1, -0.05) is 35.5 Å². The number of ether oxygens (including phenoxy) is 1. The molecule has 152 valence electrons. The van der Waals surface area contributed by atoms with Crippen LogP contribution in [0, 0.1) is 12.7 Å². The van der Waals surface area contributed by atoms with Crippen molar-refractivity contribution in [2.75, 3.05) is 6.61 Å². The molecule has 2 aromatic carbocycles. The first-order valence-corrected chi connectivity index (χ1v) is 9.38. The lowest BCUT2D eigenvalue weighted by Crippen LogP contribution is -2.31. The van der Waals surface area contributed by atoms with Crippen LogP contribution in [0.4, 0.5) is 4.39 Å². The lowest BCUT2D eigenvalue weighted by atomic mass is 10.1. The van der Waals surface area contributed by atoms with Crippen LogP contribution in [0.2, 0.25) is 0 Å². The Morgan fingerprint density at radius 2 is 1.87 bits per heavy atom. The topological polar surface area (TPSA) is 90.1 Å². The zero-order chi connectivity index (χ0) is 21.1. The van der Waals surface area contributed by atoms with E-state index in [0.29, 0.717) is 22.5 Å². The molecular formula is C22H19FN4O3. The largest absolute Gasteiger partial charge is 0.467 e. The van der Waals surface area contributed by atoms with E-state index < -0.39 is 0 Å². The number of nitrogens with one attached hydrogen (secondary N) is 1. The molecule has 0 aliphatic heterocycles. The summed E-state index contributed by atoms with van der Waals surface area (Å²) in [5.41, 5.74) is 2.26. The van der Waals surface area contributed by atoms with Gasteiger partial charge in [-0.2, -0.15) is 9.97 Å². The van der Waals surface area contributed by atoms with Gasteiger partial charge in [0, 0.05) is 5.56 Å². The molecule has 0 bridgehead atoms. The molecule has 30 heavy (non-hydrogen) atoms. The summed E-state index contributed by atoms with van der Waals surface area (Å²) in [4.78, 5) is 20.9. The van der Waals surface area contributed by atoms with Crippen molar-refractivity contribution >= 4 is 17.0 Å². The number of nitrogens with zero attached hydrogens (tertiary/aromatic N) is 3. The quantitative estimate of drug-likeness (QED) is 0.521. The Bertz CT molecular complexity index is 1180. The first-order valence-electron chi connectivity index (χ1n) is 9.38. The maximum Gasteiger partial charge on any atom is 0.265 e. The molecule has 2 heterocycles. The van der Waals surface area contributed by atoms with E-state index in [1.807, 2.05) is 37.3 Å². The molecule has 0 aliphatic carbocycles. The van der Waals surface area contributed by atoms with E-state index in [-0.39, 0.29) is 36.0 Å². The number of hydrogen-bond donors (Lipinski definition) is 1. The fourth-order valence-corrected chi connectivity index (χ4v) is 3.08. The van der Waals surface area contributed by atoms with Crippen LogP contribution >= 0.6 is 0 Å². The SMILES string of the molecule is Cc1nc(OCC(=O)N[C@H](C)c2ccccc2)c2c(-c3ccc(F)cc3)noc2n1. The Morgan fingerprint density at radius 1 is 1.13 bits per heavy atom. The van der Waals surface area contributed by atoms with Crippen LogP contribution in [0.5, 0.6) is 5.88 Å². The van der Waals surface area contributed by atoms with E-state index in [2.05, 4.69) is 20.4 Å². The number of benzene rings is 2. The molecule has 1 amide bonds. The summed E-state index contributed by atoms with van der Waals surface area (Å²) in [6.07, 6.45) is 0. The van der Waals surface area contributed by atoms with Crippen molar-refractivity contribution in [3.63, 3.8) is 0 Å². The zero-order valence-electron chi connectivity index (χ0n) is 16.4. The molecule has 1 N–H and O–H groups in total. The maximum absolute atomic E-state index is 13.3. The number of aromatic nitrogens is 3. The number of hydrogen-bond acceptors (Lipinski definition) is 6. The van der Waals surface area contributed by atoms with Gasteiger partial charge in [0.25, 0.3) is 11.6 Å². The van der Waals surface area contributed by atoms with Crippen LogP contribution in [0.3, 0.4) is 0 Å². The monoisotopic (exact) mass is 406 g/mol. The fraction of sp³-hybridized carbons (Fsp3) is 0.182. The first-order chi connectivity index (χ1) is 14.5. The summed E-state index contributed by atoms with van der Waals surface area (Å²) in [5.74, 6) is -0.0622. The van der Waals surface area contributed by atoms with Crippen LogP contribution < -0.4 is 10.1 Å². The highest BCUT2D eigenvalue weighted by Crippen LogP contribution is 2.33. The van der Waals surface area contributed by atoms with Crippen LogP contribution in [0.25, 0.3) is 22.4 Å². The summed E-state index contributed by atoms with van der Waals surface area (Å²) in [6.45, 7) is 3.34. The van der Waals surface area contributed by atoms with Crippen LogP contribution in [-0.2, 0) is 4.79 Å². The van der Waals surface area contributed by atoms with Crippen molar-refractivity contribution in [3.8, 4) is 17.1 Å². The second-order valence-corrected chi connectivity index (χ2v) is 6.78. The predicted octanol–water partition coefficient (Wildman–Crippen LogP) is 3.99. The van der Waals surface area contributed by atoms with Gasteiger partial charge < -0.3 is 14.6 Å². The van der Waals surface area contributed by atoms with Gasteiger partial charge in [-0.15, -0.1) is 0 Å². The molecule has 0 fully saturated rings. The highest BCUT2D eigenvalue weighted by atomic mass is 19.1. The minimum atomic E-state index is -0.362. The van der Waals surface area contributed by atoms with Gasteiger partial charge in [-0.3, -0.25) is 4.79 Å². The van der Waals surface area contributed by atoms with E-state index >= 15 is 0 Å². The molecule has 4 rings (SSSR count). The van der Waals surface area contributed by atoms with E-state index in [0.717, 1.165) is 5.56 Å². The highest BCUT2D eigenvalue weighted by Gasteiger charge is 2.20. The Labute approximate surface area is 171 Å². The first kappa shape index (κ1) is 19.5. The standard InChI is InChI=1S/C22H19FN4O3/c1-13(15-6-4-3-5-7-15)24-18(28)12-29-21-19-20(16-8-10-17(23)11-9-16)27-30-22(19)26-14(2)25-21/h3-11,13H,12H2,1-2H3,(H,24,28)/t13-/m1/s1. The number of fused-ring (bicyclic) bond motifs is 1. The van der Waals surface area contributed by atoms with Crippen LogP contribution in [0.1, 0.15) is 24.4 Å². The van der Waals surface area contributed by atoms with Gasteiger partial charge in [0.1, 0.15) is 22.7 Å². The lowest BCUT2D eigenvalue weighted by molar-refractivity contribution is -0.123. The van der Waals surface area contributed by atoms with E-state index in [1.54, 1.807) is 19.1 Å². The van der Waals surface area contributed by atoms with Gasteiger partial charge in [0.2, 0.25) is 5.88 Å². The minimum Gasteiger partial charge on any atom is -0.467 e. The molecule has 7 nitrogen and oxygen atoms in total. The predicted molar refractivity (Wildman–Crippen MR) is 108 cm³/mol. The number of amides is 1. The summed E-state index contributed by atoms with van der Waals surface area (Å²) in [6, 6.07) is 15.3. The molecule has 0 radical (unpaired) electrons. The molecule has 0 saturated heterocycles. The van der Waals surface area contributed by atoms with E-state index in [9.17, 15) is 9.18 Å². The van der Waals surface area contributed by atoms with E-state index in [4.69, 9.17) is 9.26 Å². The summed E-state index contributed by atoms with van der Waals surface area (Å²) >= 11 is 0. The molecule has 2 aromatic heterocycles. The Kier molecular flexibility index (Phi) is 5.38. The zero-order valence-corrected chi connectivity index (χ0v) is 16.4. The van der Waals surface area contributed by atoms with Crippen molar-refractivity contribution in [2.24, 2.45) is 0 Å². The van der Waals surface area contributed by atoms with Crippen molar-refractivity contribution in [3.05, 3.63) is 71.8 Å². The van der Waals surface area contributed by atoms with Gasteiger partial charge in [0.05, 0.1) is 6.04 Å². The summed E-state index contributed by atoms with van der Waals surface area (Å²) < 4.78 is 24.3. The average Bonchev–Trinajstić information content (AvgIpc) is 3.17. The normalized spacial score (nSPS) is 12.0. The molecule has 0 aliphatic rings. The Hall–Kier alpha value is -3.81. The molecule has 0 saturated carbocycles. The van der Waals surface area contributed by atoms with Gasteiger partial charge in [-0.05, 0) is 43.7 Å². The third-order valence-electron chi connectivity index (χ3n) is 4.55. The second-order valence-electron chi connectivity index (χ2n) is 6.78. The lowest BCUT2D eigenvalue weighted by Gasteiger charge is -2.14. The number of rotatable bonds is 6. The Morgan fingerprint density at radius 3 is 2.60 bits per heavy atom. The van der Waals surface area contributed by atoms with Crippen LogP contribution in [-0.4, -0.2) is 27.6 Å². The third kappa shape index (κ3) is 4.12. The van der Waals surface area contributed by atoms with Crippen molar-refractivity contribution < 1.29 is 18.4 Å². The van der Waals surface area contributed by atoms with Crippen molar-refractivity contribution in [1.82, 2.24) is 20.4 Å². The highest BCUT2D eigenvalue weighted by molar-refractivity contribution is 5.93. The molecule has 4 aromatic rings. The number of halogens is 1. The Balaban J connectivity index is 1.55. The van der Waals surface area contributed by atoms with Gasteiger partial charge in [0.15, 0.2) is 6.61 Å². The molecule has 8 heteroatoms. The second kappa shape index (κ2) is 8.28. The molecule has 1 atom stereocenters. The minimum absolute atomic E-state index is 0.167. The third-order valence-corrected chi connectivity index (χ3v) is 4.55. The van der Waals surface area contributed by atoms with Crippen molar-refractivity contribution in [2.45, 2.75) is 19.9 Å². The summed E-state index contributed by atoms with van der Waals surface area (Å²) in [7, 11) is 0. The fourth-order valence-electron chi connectivity index (χ4n) is 3.08. The molecular weight excluding hydrogens is 387 g/mol. The molecule has 0 unspecified atom stereocenters. The molecule has 0 spiro atoms. The van der Waals surface area contributed by atoms with E-state index in [1.165, 1.54) is 12.1 Å². The number of carbonyl (C=O) groups excluding carboxylic acids is 1. The number of carbonyl (C=O) groups is 1. The number of aryl methyl sites for hydroxylation is 1. The smallest absolute Gasteiger partial charge is 0.265 e. The van der Waals surface area contributed by atoms with Crippen LogP contribution in [0.15, 0.2) is 59.1 Å². The maximum atomic E-state index is 13.3. The van der Waals surface area contributed by atoms with Gasteiger partial charge in [-0.25, -0.2) is 4.39 Å². The van der Waals surface area contributed by atoms with Gasteiger partial charge >= 0.3 is 0 Å². The average molecular weight is 406 g/mol. The van der Waals surface area contributed by atoms with Crippen molar-refractivity contribution in [1.29, 1.82) is 0 Å².